The van der Waals surface area contributed by atoms with Crippen LogP contribution in [0.3, 0.4) is 0 Å². The van der Waals surface area contributed by atoms with Gasteiger partial charge in [0.2, 0.25) is 11.8 Å². The Kier molecular flexibility index (Phi) is 6.72. The molecule has 0 bridgehead atoms. The Labute approximate surface area is 109 Å². The first-order valence-electron chi connectivity index (χ1n) is 6.86. The van der Waals surface area contributed by atoms with Gasteiger partial charge < -0.3 is 15.5 Å². The summed E-state index contributed by atoms with van der Waals surface area (Å²) < 4.78 is 0. The third-order valence-electron chi connectivity index (χ3n) is 3.26. The number of hydrogen-bond donors (Lipinski definition) is 2. The van der Waals surface area contributed by atoms with Gasteiger partial charge in [-0.15, -0.1) is 0 Å². The van der Waals surface area contributed by atoms with Crippen LogP contribution in [0.1, 0.15) is 39.5 Å². The van der Waals surface area contributed by atoms with Crippen molar-refractivity contribution in [2.45, 2.75) is 45.6 Å². The van der Waals surface area contributed by atoms with Crippen LogP contribution >= 0.6 is 0 Å². The van der Waals surface area contributed by atoms with Gasteiger partial charge in [-0.25, -0.2) is 0 Å². The van der Waals surface area contributed by atoms with Crippen LogP contribution < -0.4 is 10.6 Å². The van der Waals surface area contributed by atoms with Gasteiger partial charge in [-0.2, -0.15) is 0 Å². The first kappa shape index (κ1) is 15.0. The van der Waals surface area contributed by atoms with Gasteiger partial charge >= 0.3 is 0 Å². The lowest BCUT2D eigenvalue weighted by atomic mass is 10.1. The van der Waals surface area contributed by atoms with Gasteiger partial charge in [0, 0.05) is 45.6 Å². The number of amides is 2. The zero-order chi connectivity index (χ0) is 13.4. The topological polar surface area (TPSA) is 61.4 Å². The van der Waals surface area contributed by atoms with Crippen LogP contribution in [0.25, 0.3) is 0 Å². The highest BCUT2D eigenvalue weighted by atomic mass is 16.2. The number of nitrogens with zero attached hydrogens (tertiary/aromatic N) is 1. The lowest BCUT2D eigenvalue weighted by Gasteiger charge is -2.34. The summed E-state index contributed by atoms with van der Waals surface area (Å²) in [5.41, 5.74) is 0. The number of carbonyl (C=O) groups is 2. The molecule has 1 rings (SSSR count). The Morgan fingerprint density at radius 3 is 2.78 bits per heavy atom. The maximum atomic E-state index is 12.0. The molecule has 18 heavy (non-hydrogen) atoms. The van der Waals surface area contributed by atoms with E-state index >= 15 is 0 Å². The van der Waals surface area contributed by atoms with E-state index in [0.717, 1.165) is 38.9 Å². The summed E-state index contributed by atoms with van der Waals surface area (Å²) in [7, 11) is 0. The average Bonchev–Trinajstić information content (AvgIpc) is 2.33. The Hall–Kier alpha value is -1.10. The fourth-order valence-corrected chi connectivity index (χ4v) is 2.20. The molecule has 2 amide bonds. The van der Waals surface area contributed by atoms with Crippen LogP contribution in [0.4, 0.5) is 0 Å². The molecular formula is C13H25N3O2. The summed E-state index contributed by atoms with van der Waals surface area (Å²) in [6.07, 6.45) is 3.48. The summed E-state index contributed by atoms with van der Waals surface area (Å²) >= 11 is 0. The first-order chi connectivity index (χ1) is 8.61. The van der Waals surface area contributed by atoms with E-state index in [9.17, 15) is 9.59 Å². The van der Waals surface area contributed by atoms with E-state index in [4.69, 9.17) is 0 Å². The Morgan fingerprint density at radius 2 is 2.11 bits per heavy atom. The quantitative estimate of drug-likeness (QED) is 0.680. The number of nitrogens with one attached hydrogen (secondary N) is 2. The Morgan fingerprint density at radius 1 is 1.33 bits per heavy atom. The molecule has 5 heteroatoms. The number of piperazine rings is 1. The van der Waals surface area contributed by atoms with E-state index in [1.165, 1.54) is 6.92 Å². The largest absolute Gasteiger partial charge is 0.356 e. The summed E-state index contributed by atoms with van der Waals surface area (Å²) in [5.74, 6) is 0.282. The molecule has 104 valence electrons. The molecule has 1 atom stereocenters. The molecular weight excluding hydrogens is 230 g/mol. The zero-order valence-corrected chi connectivity index (χ0v) is 11.5. The minimum atomic E-state index is 0.0146. The smallest absolute Gasteiger partial charge is 0.222 e. The van der Waals surface area contributed by atoms with E-state index in [1.54, 1.807) is 0 Å². The number of carbonyl (C=O) groups excluding carboxylic acids is 2. The maximum Gasteiger partial charge on any atom is 0.222 e. The van der Waals surface area contributed by atoms with Crippen LogP contribution in [-0.4, -0.2) is 48.9 Å². The number of unbranched alkanes of at least 4 members (excludes halogenated alkanes) is 2. The molecule has 1 aliphatic rings. The lowest BCUT2D eigenvalue weighted by molar-refractivity contribution is -0.134. The number of rotatable bonds is 6. The molecule has 5 nitrogen and oxygen atoms in total. The highest BCUT2D eigenvalue weighted by molar-refractivity contribution is 5.76. The van der Waals surface area contributed by atoms with Crippen molar-refractivity contribution in [3.8, 4) is 0 Å². The summed E-state index contributed by atoms with van der Waals surface area (Å²) in [6, 6.07) is 0.311. The van der Waals surface area contributed by atoms with E-state index in [0.29, 0.717) is 19.0 Å². The molecule has 0 radical (unpaired) electrons. The van der Waals surface area contributed by atoms with Gasteiger partial charge in [0.1, 0.15) is 0 Å². The summed E-state index contributed by atoms with van der Waals surface area (Å²) in [6.45, 7) is 6.95. The van der Waals surface area contributed by atoms with Gasteiger partial charge in [0.05, 0.1) is 0 Å². The fourth-order valence-electron chi connectivity index (χ4n) is 2.20. The van der Waals surface area contributed by atoms with Gasteiger partial charge in [0.15, 0.2) is 0 Å². The predicted molar refractivity (Wildman–Crippen MR) is 71.2 cm³/mol. The highest BCUT2D eigenvalue weighted by Crippen LogP contribution is 2.08. The van der Waals surface area contributed by atoms with Gasteiger partial charge in [-0.3, -0.25) is 9.59 Å². The Bertz CT molecular complexity index is 281. The molecule has 1 heterocycles. The van der Waals surface area contributed by atoms with E-state index < -0.39 is 0 Å². The van der Waals surface area contributed by atoms with Gasteiger partial charge in [-0.05, 0) is 19.8 Å². The third kappa shape index (κ3) is 5.49. The van der Waals surface area contributed by atoms with Crippen molar-refractivity contribution in [1.82, 2.24) is 15.5 Å². The monoisotopic (exact) mass is 255 g/mol. The molecule has 1 saturated heterocycles. The second-order valence-corrected chi connectivity index (χ2v) is 4.93. The fraction of sp³-hybridized carbons (Fsp3) is 0.846. The van der Waals surface area contributed by atoms with Crippen molar-refractivity contribution in [1.29, 1.82) is 0 Å². The van der Waals surface area contributed by atoms with E-state index in [-0.39, 0.29) is 11.8 Å². The van der Waals surface area contributed by atoms with Crippen molar-refractivity contribution in [2.24, 2.45) is 0 Å². The molecule has 0 saturated carbocycles. The number of hydrogen-bond acceptors (Lipinski definition) is 3. The SMILES string of the molecule is CC(=O)NCCCCCC(=O)N1CCNCC1C. The molecule has 0 spiro atoms. The molecule has 0 aromatic carbocycles. The minimum Gasteiger partial charge on any atom is -0.356 e. The minimum absolute atomic E-state index is 0.0146. The predicted octanol–water partition coefficient (Wildman–Crippen LogP) is 0.503. The Balaban J connectivity index is 2.07. The van der Waals surface area contributed by atoms with Gasteiger partial charge in [0.25, 0.3) is 0 Å². The summed E-state index contributed by atoms with van der Waals surface area (Å²) in [5, 5.41) is 6.04. The second-order valence-electron chi connectivity index (χ2n) is 4.93. The van der Waals surface area contributed by atoms with Crippen molar-refractivity contribution < 1.29 is 9.59 Å². The van der Waals surface area contributed by atoms with Crippen LogP contribution in [0, 0.1) is 0 Å². The van der Waals surface area contributed by atoms with E-state index in [1.807, 2.05) is 4.90 Å². The van der Waals surface area contributed by atoms with E-state index in [2.05, 4.69) is 17.6 Å². The molecule has 0 aromatic rings. The molecule has 1 aliphatic heterocycles. The van der Waals surface area contributed by atoms with Crippen molar-refractivity contribution in [2.75, 3.05) is 26.2 Å². The van der Waals surface area contributed by atoms with Crippen molar-refractivity contribution >= 4 is 11.8 Å². The molecule has 1 fully saturated rings. The molecule has 0 aliphatic carbocycles. The van der Waals surface area contributed by atoms with Crippen LogP contribution in [0.15, 0.2) is 0 Å². The average molecular weight is 255 g/mol. The molecule has 0 aromatic heterocycles. The third-order valence-corrected chi connectivity index (χ3v) is 3.26. The lowest BCUT2D eigenvalue weighted by Crippen LogP contribution is -2.52. The van der Waals surface area contributed by atoms with Gasteiger partial charge in [-0.1, -0.05) is 6.42 Å². The molecule has 2 N–H and O–H groups in total. The van der Waals surface area contributed by atoms with Crippen LogP contribution in [0.2, 0.25) is 0 Å². The molecule has 1 unspecified atom stereocenters. The normalized spacial score (nSPS) is 19.7. The van der Waals surface area contributed by atoms with Crippen LogP contribution in [-0.2, 0) is 9.59 Å². The van der Waals surface area contributed by atoms with Crippen molar-refractivity contribution in [3.63, 3.8) is 0 Å². The summed E-state index contributed by atoms with van der Waals surface area (Å²) in [4.78, 5) is 24.6. The standard InChI is InChI=1S/C13H25N3O2/c1-11-10-14-8-9-16(11)13(18)6-4-3-5-7-15-12(2)17/h11,14H,3-10H2,1-2H3,(H,15,17). The maximum absolute atomic E-state index is 12.0. The van der Waals surface area contributed by atoms with Crippen molar-refractivity contribution in [3.05, 3.63) is 0 Å². The van der Waals surface area contributed by atoms with Crippen LogP contribution in [0.5, 0.6) is 0 Å². The first-order valence-corrected chi connectivity index (χ1v) is 6.86. The zero-order valence-electron chi connectivity index (χ0n) is 11.5. The second kappa shape index (κ2) is 8.08. The highest BCUT2D eigenvalue weighted by Gasteiger charge is 2.21.